The Kier molecular flexibility index (Phi) is 5.08. The van der Waals surface area contributed by atoms with Crippen molar-refractivity contribution in [1.82, 2.24) is 24.8 Å². The third-order valence-corrected chi connectivity index (χ3v) is 5.43. The van der Waals surface area contributed by atoms with Gasteiger partial charge < -0.3 is 16.2 Å². The van der Waals surface area contributed by atoms with E-state index in [0.717, 1.165) is 29.6 Å². The Morgan fingerprint density at radius 2 is 1.88 bits per heavy atom. The lowest BCUT2D eigenvalue weighted by molar-refractivity contribution is 0.326. The number of aromatic nitrogens is 4. The molecule has 160 valence electrons. The molecule has 2 aromatic heterocycles. The first-order chi connectivity index (χ1) is 15.6. The molecule has 9 heteroatoms. The fraction of sp³-hybridized carbons (Fsp3) is 0.174. The summed E-state index contributed by atoms with van der Waals surface area (Å²) in [4.78, 5) is 23.6. The third kappa shape index (κ3) is 3.81. The van der Waals surface area contributed by atoms with Gasteiger partial charge in [-0.2, -0.15) is 4.98 Å². The first-order valence-electron chi connectivity index (χ1n) is 10.1. The molecule has 1 aliphatic heterocycles. The monoisotopic (exact) mass is 426 g/mol. The number of nitrogens with two attached hydrogens (primary N) is 2. The van der Waals surface area contributed by atoms with Crippen LogP contribution < -0.4 is 16.2 Å². The van der Waals surface area contributed by atoms with Crippen LogP contribution in [0.1, 0.15) is 11.1 Å². The van der Waals surface area contributed by atoms with Gasteiger partial charge in [0.05, 0.1) is 13.7 Å². The molecule has 0 saturated heterocycles. The maximum atomic E-state index is 6.31. The van der Waals surface area contributed by atoms with Gasteiger partial charge in [-0.1, -0.05) is 18.2 Å². The molecule has 1 aliphatic rings. The number of ether oxygens (including phenoxy) is 1. The number of para-hydroxylation sites is 1. The number of hydrogen-bond acceptors (Lipinski definition) is 8. The highest BCUT2D eigenvalue weighted by Crippen LogP contribution is 2.31. The summed E-state index contributed by atoms with van der Waals surface area (Å²) >= 11 is 0. The normalized spacial score (nSPS) is 14.0. The lowest BCUT2D eigenvalue weighted by Crippen LogP contribution is -2.30. The SMILES string of the molecule is COc1cccc2c(N=C(N)CN3Cc4ccc(-c5cncnc5)cc4C3)nc(N)nc12. The van der Waals surface area contributed by atoms with Crippen LogP contribution in [0.25, 0.3) is 22.0 Å². The van der Waals surface area contributed by atoms with Crippen LogP contribution in [0.15, 0.2) is 60.1 Å². The second-order valence-corrected chi connectivity index (χ2v) is 7.62. The Balaban J connectivity index is 1.37. The van der Waals surface area contributed by atoms with E-state index >= 15 is 0 Å². The molecule has 0 amide bonds. The standard InChI is InChI=1S/C23H22N8O/c1-32-19-4-2-3-18-21(19)29-23(25)30-22(18)28-20(24)12-31-10-15-6-5-14(7-16(15)11-31)17-8-26-13-27-9-17/h2-9,13H,10-12H2,1H3,(H4,24,25,28,29,30). The van der Waals surface area contributed by atoms with Crippen molar-refractivity contribution in [2.75, 3.05) is 19.4 Å². The number of aliphatic imine (C=N–C) groups is 1. The molecular weight excluding hydrogens is 404 g/mol. The highest BCUT2D eigenvalue weighted by Gasteiger charge is 2.20. The molecule has 4 aromatic rings. The highest BCUT2D eigenvalue weighted by molar-refractivity contribution is 5.96. The summed E-state index contributed by atoms with van der Waals surface area (Å²) in [5.74, 6) is 1.63. The molecule has 9 nitrogen and oxygen atoms in total. The Hall–Kier alpha value is -4.11. The minimum Gasteiger partial charge on any atom is -0.494 e. The minimum atomic E-state index is 0.125. The van der Waals surface area contributed by atoms with Gasteiger partial charge in [0.25, 0.3) is 0 Å². The molecule has 4 N–H and O–H groups in total. The second-order valence-electron chi connectivity index (χ2n) is 7.62. The summed E-state index contributed by atoms with van der Waals surface area (Å²) in [6.07, 6.45) is 5.17. The van der Waals surface area contributed by atoms with E-state index in [1.807, 2.05) is 30.6 Å². The molecule has 0 aliphatic carbocycles. The second kappa shape index (κ2) is 8.20. The van der Waals surface area contributed by atoms with E-state index in [-0.39, 0.29) is 5.95 Å². The Labute approximate surface area is 184 Å². The number of amidine groups is 1. The van der Waals surface area contributed by atoms with Crippen LogP contribution in [-0.4, -0.2) is 44.3 Å². The number of anilines is 1. The molecule has 0 spiro atoms. The van der Waals surface area contributed by atoms with Gasteiger partial charge in [-0.15, -0.1) is 0 Å². The van der Waals surface area contributed by atoms with Crippen molar-refractivity contribution >= 4 is 28.5 Å². The molecule has 0 radical (unpaired) electrons. The van der Waals surface area contributed by atoms with Gasteiger partial charge in [0.15, 0.2) is 5.82 Å². The maximum Gasteiger partial charge on any atom is 0.222 e. The van der Waals surface area contributed by atoms with Crippen molar-refractivity contribution in [3.63, 3.8) is 0 Å². The number of benzene rings is 2. The van der Waals surface area contributed by atoms with E-state index in [1.165, 1.54) is 17.5 Å². The van der Waals surface area contributed by atoms with Gasteiger partial charge in [0, 0.05) is 36.4 Å². The van der Waals surface area contributed by atoms with E-state index < -0.39 is 0 Å². The van der Waals surface area contributed by atoms with Crippen LogP contribution in [0, 0.1) is 0 Å². The van der Waals surface area contributed by atoms with Crippen LogP contribution in [0.4, 0.5) is 11.8 Å². The Morgan fingerprint density at radius 1 is 1.06 bits per heavy atom. The van der Waals surface area contributed by atoms with Gasteiger partial charge >= 0.3 is 0 Å². The van der Waals surface area contributed by atoms with Crippen molar-refractivity contribution in [3.8, 4) is 16.9 Å². The van der Waals surface area contributed by atoms with Crippen molar-refractivity contribution in [2.45, 2.75) is 13.1 Å². The molecule has 32 heavy (non-hydrogen) atoms. The van der Waals surface area contributed by atoms with Crippen LogP contribution in [0.3, 0.4) is 0 Å². The van der Waals surface area contributed by atoms with Crippen molar-refractivity contribution < 1.29 is 4.74 Å². The van der Waals surface area contributed by atoms with E-state index in [2.05, 4.69) is 48.0 Å². The van der Waals surface area contributed by atoms with Gasteiger partial charge in [-0.05, 0) is 34.9 Å². The zero-order valence-electron chi connectivity index (χ0n) is 17.6. The van der Waals surface area contributed by atoms with Gasteiger partial charge in [0.2, 0.25) is 5.95 Å². The predicted molar refractivity (Wildman–Crippen MR) is 123 cm³/mol. The zero-order chi connectivity index (χ0) is 22.1. The summed E-state index contributed by atoms with van der Waals surface area (Å²) < 4.78 is 5.39. The van der Waals surface area contributed by atoms with Gasteiger partial charge in [-0.25, -0.2) is 19.9 Å². The lowest BCUT2D eigenvalue weighted by atomic mass is 10.0. The first-order valence-corrected chi connectivity index (χ1v) is 10.1. The molecule has 0 bridgehead atoms. The Morgan fingerprint density at radius 3 is 2.69 bits per heavy atom. The summed E-state index contributed by atoms with van der Waals surface area (Å²) in [7, 11) is 1.59. The average Bonchev–Trinajstić information content (AvgIpc) is 3.20. The molecule has 0 unspecified atom stereocenters. The van der Waals surface area contributed by atoms with Crippen molar-refractivity contribution in [3.05, 3.63) is 66.2 Å². The van der Waals surface area contributed by atoms with Crippen LogP contribution in [0.5, 0.6) is 5.75 Å². The number of methoxy groups -OCH3 is 1. The molecule has 5 rings (SSSR count). The molecule has 0 fully saturated rings. The van der Waals surface area contributed by atoms with E-state index in [0.29, 0.717) is 29.5 Å². The summed E-state index contributed by atoms with van der Waals surface area (Å²) in [5.41, 5.74) is 17.5. The minimum absolute atomic E-state index is 0.125. The Bertz CT molecular complexity index is 1320. The average molecular weight is 426 g/mol. The number of hydrogen-bond donors (Lipinski definition) is 2. The van der Waals surface area contributed by atoms with Crippen molar-refractivity contribution in [2.24, 2.45) is 10.7 Å². The van der Waals surface area contributed by atoms with Crippen molar-refractivity contribution in [1.29, 1.82) is 0 Å². The largest absolute Gasteiger partial charge is 0.494 e. The smallest absolute Gasteiger partial charge is 0.222 e. The number of rotatable bonds is 5. The molecule has 0 saturated carbocycles. The van der Waals surface area contributed by atoms with Gasteiger partial charge in [-0.3, -0.25) is 4.90 Å². The molecule has 3 heterocycles. The summed E-state index contributed by atoms with van der Waals surface area (Å²) in [6.45, 7) is 2.10. The van der Waals surface area contributed by atoms with Gasteiger partial charge in [0.1, 0.15) is 23.4 Å². The molecule has 2 aromatic carbocycles. The third-order valence-electron chi connectivity index (χ3n) is 5.43. The zero-order valence-corrected chi connectivity index (χ0v) is 17.6. The summed E-state index contributed by atoms with van der Waals surface area (Å²) in [6, 6.07) is 12.0. The molecular formula is C23H22N8O. The predicted octanol–water partition coefficient (Wildman–Crippen LogP) is 2.68. The van der Waals surface area contributed by atoms with E-state index in [9.17, 15) is 0 Å². The number of nitrogen functional groups attached to an aromatic ring is 1. The van der Waals surface area contributed by atoms with E-state index in [4.69, 9.17) is 16.2 Å². The van der Waals surface area contributed by atoms with Crippen LogP contribution >= 0.6 is 0 Å². The first kappa shape index (κ1) is 19.8. The fourth-order valence-electron chi connectivity index (χ4n) is 3.98. The van der Waals surface area contributed by atoms with Crippen LogP contribution in [-0.2, 0) is 13.1 Å². The van der Waals surface area contributed by atoms with Crippen LogP contribution in [0.2, 0.25) is 0 Å². The maximum absolute atomic E-state index is 6.31. The topological polar surface area (TPSA) is 128 Å². The lowest BCUT2D eigenvalue weighted by Gasteiger charge is -2.14. The quantitative estimate of drug-likeness (QED) is 0.368. The highest BCUT2D eigenvalue weighted by atomic mass is 16.5. The fourth-order valence-corrected chi connectivity index (χ4v) is 3.98. The number of nitrogens with zero attached hydrogens (tertiary/aromatic N) is 6. The number of fused-ring (bicyclic) bond motifs is 2. The van der Waals surface area contributed by atoms with E-state index in [1.54, 1.807) is 7.11 Å². The molecule has 0 atom stereocenters. The summed E-state index contributed by atoms with van der Waals surface area (Å²) in [5, 5.41) is 0.737.